The molecular weight excluding hydrogens is 990 g/mol. The third-order valence-corrected chi connectivity index (χ3v) is 16.4. The van der Waals surface area contributed by atoms with E-state index in [2.05, 4.69) is 38.2 Å². The smallest absolute Gasteiger partial charge is 0.306 e. The number of quaternary nitrogens is 1. The summed E-state index contributed by atoms with van der Waals surface area (Å²) in [7, 11) is 1.19. The van der Waals surface area contributed by atoms with Gasteiger partial charge < -0.3 is 27.9 Å². The average molecular weight is 1120 g/mol. The van der Waals surface area contributed by atoms with Crippen LogP contribution in [0.5, 0.6) is 0 Å². The highest BCUT2D eigenvalue weighted by molar-refractivity contribution is 7.45. The lowest BCUT2D eigenvalue weighted by atomic mass is 10.0. The zero-order valence-electron chi connectivity index (χ0n) is 52.6. The number of unbranched alkanes of at least 4 members (excludes halogenated alkanes) is 46. The van der Waals surface area contributed by atoms with Crippen LogP contribution in [0, 0.1) is 0 Å². The van der Waals surface area contributed by atoms with Crippen molar-refractivity contribution < 1.29 is 42.1 Å². The number of hydrogen-bond donors (Lipinski definition) is 0. The topological polar surface area (TPSA) is 111 Å². The molecule has 10 heteroatoms. The van der Waals surface area contributed by atoms with Gasteiger partial charge in [0, 0.05) is 12.8 Å². The molecule has 0 fully saturated rings. The molecule has 0 bridgehead atoms. The van der Waals surface area contributed by atoms with E-state index in [1.165, 1.54) is 276 Å². The lowest BCUT2D eigenvalue weighted by Gasteiger charge is -2.28. The highest BCUT2D eigenvalue weighted by atomic mass is 31.2. The third kappa shape index (κ3) is 63.7. The van der Waals surface area contributed by atoms with Gasteiger partial charge in [0.05, 0.1) is 27.7 Å². The molecule has 0 spiro atoms. The summed E-state index contributed by atoms with van der Waals surface area (Å²) in [5, 5.41) is 0. The van der Waals surface area contributed by atoms with Crippen molar-refractivity contribution in [1.29, 1.82) is 0 Å². The van der Waals surface area contributed by atoms with Crippen LogP contribution in [0.1, 0.15) is 348 Å². The molecule has 0 aromatic heterocycles. The summed E-state index contributed by atoms with van der Waals surface area (Å²) < 4.78 is 34.3. The maximum Gasteiger partial charge on any atom is 0.306 e. The first-order valence-electron chi connectivity index (χ1n) is 34.0. The molecule has 0 aromatic rings. The van der Waals surface area contributed by atoms with Gasteiger partial charge in [-0.15, -0.1) is 0 Å². The molecule has 0 heterocycles. The Balaban J connectivity index is 4.02. The zero-order chi connectivity index (χ0) is 57.0. The minimum atomic E-state index is -4.64. The van der Waals surface area contributed by atoms with E-state index in [0.717, 1.165) is 38.5 Å². The van der Waals surface area contributed by atoms with Crippen LogP contribution in [0.15, 0.2) is 24.3 Å². The van der Waals surface area contributed by atoms with Gasteiger partial charge in [0.15, 0.2) is 6.10 Å². The molecule has 0 rings (SSSR count). The quantitative estimate of drug-likeness (QED) is 0.0195. The molecule has 2 atom stereocenters. The van der Waals surface area contributed by atoms with Crippen molar-refractivity contribution in [3.05, 3.63) is 24.3 Å². The summed E-state index contributed by atoms with van der Waals surface area (Å²) in [4.78, 5) is 38.0. The Morgan fingerprint density at radius 3 is 1.01 bits per heavy atom. The van der Waals surface area contributed by atoms with E-state index in [0.29, 0.717) is 17.4 Å². The Bertz CT molecular complexity index is 1370. The number of allylic oxidation sites excluding steroid dienone is 4. The van der Waals surface area contributed by atoms with Crippen molar-refractivity contribution in [2.75, 3.05) is 47.5 Å². The van der Waals surface area contributed by atoms with Gasteiger partial charge in [0.25, 0.3) is 7.82 Å². The highest BCUT2D eigenvalue weighted by Crippen LogP contribution is 2.38. The Hall–Kier alpha value is -1.51. The molecule has 78 heavy (non-hydrogen) atoms. The van der Waals surface area contributed by atoms with Gasteiger partial charge in [-0.05, 0) is 44.9 Å². The fourth-order valence-corrected chi connectivity index (χ4v) is 10.9. The minimum absolute atomic E-state index is 0.0274. The van der Waals surface area contributed by atoms with Crippen molar-refractivity contribution in [3.8, 4) is 0 Å². The first kappa shape index (κ1) is 76.5. The van der Waals surface area contributed by atoms with Gasteiger partial charge in [-0.25, -0.2) is 0 Å². The molecule has 0 aromatic carbocycles. The second-order valence-electron chi connectivity index (χ2n) is 24.6. The molecule has 2 unspecified atom stereocenters. The van der Waals surface area contributed by atoms with Crippen LogP contribution in [-0.4, -0.2) is 70.0 Å². The van der Waals surface area contributed by atoms with Crippen molar-refractivity contribution in [2.45, 2.75) is 354 Å². The standard InChI is InChI=1S/C68H132NO8P/c1-6-8-10-12-14-16-18-20-22-24-26-28-30-32-34-36-38-40-42-44-46-48-50-52-54-56-58-60-67(70)74-64-66(65-76-78(72,73)75-63-62-69(3,4)5)77-68(71)61-59-57-55-53-51-49-47-45-43-41-39-37-35-33-31-29-27-25-23-21-19-17-15-13-11-9-7-2/h19,21,25,27,66H,6-18,20,22-24,26,28-65H2,1-5H3/b21-19-,27-25-. The van der Waals surface area contributed by atoms with Crippen molar-refractivity contribution in [3.63, 3.8) is 0 Å². The second-order valence-corrected chi connectivity index (χ2v) is 26.0. The number of nitrogens with zero attached hydrogens (tertiary/aromatic N) is 1. The highest BCUT2D eigenvalue weighted by Gasteiger charge is 2.22. The van der Waals surface area contributed by atoms with Crippen LogP contribution in [0.25, 0.3) is 0 Å². The molecule has 0 aliphatic carbocycles. The van der Waals surface area contributed by atoms with Crippen molar-refractivity contribution >= 4 is 19.8 Å². The second kappa shape index (κ2) is 60.1. The summed E-state index contributed by atoms with van der Waals surface area (Å²) >= 11 is 0. The van der Waals surface area contributed by atoms with Gasteiger partial charge in [0.1, 0.15) is 19.8 Å². The fraction of sp³-hybridized carbons (Fsp3) is 0.912. The molecule has 0 radical (unpaired) electrons. The van der Waals surface area contributed by atoms with E-state index in [9.17, 15) is 19.0 Å². The zero-order valence-corrected chi connectivity index (χ0v) is 53.5. The lowest BCUT2D eigenvalue weighted by molar-refractivity contribution is -0.870. The number of carbonyl (C=O) groups is 2. The summed E-state index contributed by atoms with van der Waals surface area (Å²) in [6.07, 6.45) is 74.0. The Morgan fingerprint density at radius 2 is 0.692 bits per heavy atom. The van der Waals surface area contributed by atoms with Crippen molar-refractivity contribution in [1.82, 2.24) is 0 Å². The van der Waals surface area contributed by atoms with Gasteiger partial charge in [-0.2, -0.15) is 0 Å². The molecule has 0 saturated carbocycles. The molecular formula is C68H132NO8P. The average Bonchev–Trinajstić information content (AvgIpc) is 3.41. The van der Waals surface area contributed by atoms with Crippen LogP contribution in [-0.2, 0) is 32.7 Å². The van der Waals surface area contributed by atoms with Gasteiger partial charge >= 0.3 is 11.9 Å². The third-order valence-electron chi connectivity index (χ3n) is 15.5. The maximum atomic E-state index is 12.8. The molecule has 0 aliphatic heterocycles. The van der Waals surface area contributed by atoms with E-state index in [-0.39, 0.29) is 32.0 Å². The van der Waals surface area contributed by atoms with Crippen LogP contribution in [0.3, 0.4) is 0 Å². The van der Waals surface area contributed by atoms with Crippen LogP contribution in [0.2, 0.25) is 0 Å². The first-order valence-corrected chi connectivity index (χ1v) is 35.5. The van der Waals surface area contributed by atoms with E-state index in [1.54, 1.807) is 0 Å². The molecule has 462 valence electrons. The SMILES string of the molecule is CCCCCCC/C=C\C/C=C\CCCCCCCCCCCCCCCCCC(=O)OC(COC(=O)CCCCCCCCCCCCCCCCCCCCCCCCCCCCC)COP(=O)([O-])OCC[N+](C)(C)C. The monoisotopic (exact) mass is 1120 g/mol. The number of ether oxygens (including phenoxy) is 2. The number of esters is 2. The van der Waals surface area contributed by atoms with E-state index < -0.39 is 26.5 Å². The van der Waals surface area contributed by atoms with E-state index >= 15 is 0 Å². The van der Waals surface area contributed by atoms with Crippen molar-refractivity contribution in [2.24, 2.45) is 0 Å². The summed E-state index contributed by atoms with van der Waals surface area (Å²) in [6, 6.07) is 0. The number of phosphoric ester groups is 1. The largest absolute Gasteiger partial charge is 0.756 e. The molecule has 0 saturated heterocycles. The molecule has 0 aliphatic rings. The number of carbonyl (C=O) groups excluding carboxylic acids is 2. The van der Waals surface area contributed by atoms with E-state index in [4.69, 9.17) is 18.5 Å². The van der Waals surface area contributed by atoms with Crippen LogP contribution < -0.4 is 4.89 Å². The summed E-state index contributed by atoms with van der Waals surface area (Å²) in [5.41, 5.74) is 0. The number of likely N-dealkylation sites (N-methyl/N-ethyl adjacent to an activating group) is 1. The summed E-state index contributed by atoms with van der Waals surface area (Å²) in [6.45, 7) is 4.30. The van der Waals surface area contributed by atoms with Gasteiger partial charge in [0.2, 0.25) is 0 Å². The maximum absolute atomic E-state index is 12.8. The normalized spacial score (nSPS) is 13.3. The molecule has 9 nitrogen and oxygen atoms in total. The number of hydrogen-bond acceptors (Lipinski definition) is 8. The Kier molecular flexibility index (Phi) is 58.9. The van der Waals surface area contributed by atoms with Gasteiger partial charge in [-0.3, -0.25) is 14.2 Å². The Labute approximate surface area is 485 Å². The molecule has 0 amide bonds. The fourth-order valence-electron chi connectivity index (χ4n) is 10.2. The molecule has 0 N–H and O–H groups in total. The lowest BCUT2D eigenvalue weighted by Crippen LogP contribution is -2.37. The Morgan fingerprint density at radius 1 is 0.397 bits per heavy atom. The number of phosphoric acid groups is 1. The van der Waals surface area contributed by atoms with Gasteiger partial charge in [-0.1, -0.05) is 314 Å². The first-order chi connectivity index (χ1) is 38.0. The summed E-state index contributed by atoms with van der Waals surface area (Å²) in [5.74, 6) is -0.811. The van der Waals surface area contributed by atoms with Crippen LogP contribution >= 0.6 is 7.82 Å². The van der Waals surface area contributed by atoms with Crippen LogP contribution in [0.4, 0.5) is 0 Å². The van der Waals surface area contributed by atoms with E-state index in [1.807, 2.05) is 21.1 Å². The number of rotatable bonds is 64. The predicted molar refractivity (Wildman–Crippen MR) is 333 cm³/mol. The minimum Gasteiger partial charge on any atom is -0.756 e. The predicted octanol–water partition coefficient (Wildman–Crippen LogP) is 21.1.